The first-order valence-electron chi connectivity index (χ1n) is 6.63. The van der Waals surface area contributed by atoms with Gasteiger partial charge in [0.1, 0.15) is 5.75 Å². The van der Waals surface area contributed by atoms with E-state index >= 15 is 0 Å². The molecule has 0 aromatic heterocycles. The van der Waals surface area contributed by atoms with E-state index in [1.165, 1.54) is 13.3 Å². The van der Waals surface area contributed by atoms with Gasteiger partial charge in [0.15, 0.2) is 0 Å². The quantitative estimate of drug-likeness (QED) is 0.489. The summed E-state index contributed by atoms with van der Waals surface area (Å²) in [6, 6.07) is 14.1. The molecule has 0 unspecified atom stereocenters. The van der Waals surface area contributed by atoms with Crippen LogP contribution in [0.1, 0.15) is 5.56 Å². The fourth-order valence-corrected chi connectivity index (χ4v) is 2.07. The molecule has 118 valence electrons. The normalized spacial score (nSPS) is 10.3. The molecular weight excluding hydrogens is 362 g/mol. The van der Waals surface area contributed by atoms with Gasteiger partial charge in [0.25, 0.3) is 0 Å². The minimum Gasteiger partial charge on any atom is -0.497 e. The minimum atomic E-state index is -0.865. The Bertz CT molecular complexity index is 747. The van der Waals surface area contributed by atoms with Crippen LogP contribution in [0.25, 0.3) is 0 Å². The first-order chi connectivity index (χ1) is 11.1. The molecule has 0 atom stereocenters. The molecule has 0 bridgehead atoms. The second-order valence-electron chi connectivity index (χ2n) is 4.41. The van der Waals surface area contributed by atoms with Gasteiger partial charge in [-0.1, -0.05) is 40.2 Å². The maximum atomic E-state index is 11.8. The summed E-state index contributed by atoms with van der Waals surface area (Å²) in [6.45, 7) is 0. The molecular formula is C16H14BrN3O3. The summed E-state index contributed by atoms with van der Waals surface area (Å²) in [6.07, 6.45) is 1.45. The number of rotatable bonds is 4. The monoisotopic (exact) mass is 375 g/mol. The summed E-state index contributed by atoms with van der Waals surface area (Å²) >= 11 is 3.36. The highest BCUT2D eigenvalue weighted by atomic mass is 79.9. The number of anilines is 1. The highest BCUT2D eigenvalue weighted by Crippen LogP contribution is 2.16. The first kappa shape index (κ1) is 16.7. The number of carbonyl (C=O) groups is 2. The third-order valence-corrected chi connectivity index (χ3v) is 3.53. The van der Waals surface area contributed by atoms with Crippen molar-refractivity contribution in [2.24, 2.45) is 5.10 Å². The molecule has 0 saturated carbocycles. The van der Waals surface area contributed by atoms with E-state index in [1.807, 2.05) is 24.3 Å². The summed E-state index contributed by atoms with van der Waals surface area (Å²) < 4.78 is 5.87. The standard InChI is InChI=1S/C16H14BrN3O3/c1-23-13-7-4-6-12(9-13)19-15(21)16(22)20-18-10-11-5-2-3-8-14(11)17/h2-10H,1H3,(H,19,21)(H,20,22)/b18-10+. The SMILES string of the molecule is COc1cccc(NC(=O)C(=O)N/N=C/c2ccccc2Br)c1. The van der Waals surface area contributed by atoms with Crippen molar-refractivity contribution < 1.29 is 14.3 Å². The minimum absolute atomic E-state index is 0.458. The largest absolute Gasteiger partial charge is 0.497 e. The van der Waals surface area contributed by atoms with Crippen LogP contribution in [-0.4, -0.2) is 25.1 Å². The zero-order valence-electron chi connectivity index (χ0n) is 12.2. The molecule has 6 nitrogen and oxygen atoms in total. The van der Waals surface area contributed by atoms with Gasteiger partial charge in [0.05, 0.1) is 13.3 Å². The molecule has 0 aliphatic heterocycles. The van der Waals surface area contributed by atoms with E-state index in [9.17, 15) is 9.59 Å². The van der Waals surface area contributed by atoms with Crippen molar-refractivity contribution in [1.82, 2.24) is 5.43 Å². The number of hydrogen-bond acceptors (Lipinski definition) is 4. The van der Waals surface area contributed by atoms with Gasteiger partial charge in [-0.15, -0.1) is 0 Å². The van der Waals surface area contributed by atoms with Crippen LogP contribution >= 0.6 is 15.9 Å². The van der Waals surface area contributed by atoms with Crippen molar-refractivity contribution in [2.75, 3.05) is 12.4 Å². The number of carbonyl (C=O) groups excluding carboxylic acids is 2. The molecule has 0 aliphatic carbocycles. The molecule has 2 N–H and O–H groups in total. The van der Waals surface area contributed by atoms with Crippen LogP contribution in [0.2, 0.25) is 0 Å². The molecule has 0 spiro atoms. The summed E-state index contributed by atoms with van der Waals surface area (Å²) in [5.41, 5.74) is 3.41. The Hall–Kier alpha value is -2.67. The van der Waals surface area contributed by atoms with Crippen LogP contribution in [0.15, 0.2) is 58.1 Å². The van der Waals surface area contributed by atoms with Gasteiger partial charge in [-0.3, -0.25) is 9.59 Å². The number of nitrogens with one attached hydrogen (secondary N) is 2. The Morgan fingerprint density at radius 1 is 1.13 bits per heavy atom. The van der Waals surface area contributed by atoms with Crippen molar-refractivity contribution in [3.63, 3.8) is 0 Å². The molecule has 0 saturated heterocycles. The molecule has 7 heteroatoms. The lowest BCUT2D eigenvalue weighted by Gasteiger charge is -2.05. The average Bonchev–Trinajstić information content (AvgIpc) is 2.56. The molecule has 2 amide bonds. The van der Waals surface area contributed by atoms with Crippen LogP contribution in [-0.2, 0) is 9.59 Å². The van der Waals surface area contributed by atoms with Crippen molar-refractivity contribution in [1.29, 1.82) is 0 Å². The van der Waals surface area contributed by atoms with E-state index in [4.69, 9.17) is 4.74 Å². The van der Waals surface area contributed by atoms with Crippen molar-refractivity contribution in [3.05, 3.63) is 58.6 Å². The molecule has 2 rings (SSSR count). The maximum absolute atomic E-state index is 11.8. The molecule has 2 aromatic rings. The Morgan fingerprint density at radius 2 is 1.91 bits per heavy atom. The highest BCUT2D eigenvalue weighted by molar-refractivity contribution is 9.10. The lowest BCUT2D eigenvalue weighted by Crippen LogP contribution is -2.32. The molecule has 0 heterocycles. The molecule has 0 radical (unpaired) electrons. The average molecular weight is 376 g/mol. The lowest BCUT2D eigenvalue weighted by atomic mass is 10.2. The van der Waals surface area contributed by atoms with Crippen molar-refractivity contribution in [3.8, 4) is 5.75 Å². The van der Waals surface area contributed by atoms with Crippen LogP contribution in [0.3, 0.4) is 0 Å². The number of amides is 2. The maximum Gasteiger partial charge on any atom is 0.329 e. The fourth-order valence-electron chi connectivity index (χ4n) is 1.68. The molecule has 0 aliphatic rings. The zero-order valence-corrected chi connectivity index (χ0v) is 13.8. The molecule has 2 aromatic carbocycles. The summed E-state index contributed by atoms with van der Waals surface area (Å²) in [4.78, 5) is 23.5. The number of halogens is 1. The molecule has 0 fully saturated rings. The Labute approximate surface area is 141 Å². The van der Waals surface area contributed by atoms with Gasteiger partial charge < -0.3 is 10.1 Å². The number of methoxy groups -OCH3 is 1. The predicted molar refractivity (Wildman–Crippen MR) is 91.5 cm³/mol. The second-order valence-corrected chi connectivity index (χ2v) is 5.26. The second kappa shape index (κ2) is 8.09. The van der Waals surface area contributed by atoms with Crippen LogP contribution in [0.4, 0.5) is 5.69 Å². The van der Waals surface area contributed by atoms with Crippen molar-refractivity contribution in [2.45, 2.75) is 0 Å². The van der Waals surface area contributed by atoms with E-state index in [0.29, 0.717) is 11.4 Å². The number of hydrazone groups is 1. The van der Waals surface area contributed by atoms with Gasteiger partial charge in [-0.05, 0) is 18.2 Å². The van der Waals surface area contributed by atoms with Crippen LogP contribution in [0, 0.1) is 0 Å². The van der Waals surface area contributed by atoms with Gasteiger partial charge in [0.2, 0.25) is 0 Å². The third-order valence-electron chi connectivity index (χ3n) is 2.81. The van der Waals surface area contributed by atoms with Crippen LogP contribution < -0.4 is 15.5 Å². The first-order valence-corrected chi connectivity index (χ1v) is 7.42. The van der Waals surface area contributed by atoms with Gasteiger partial charge in [-0.2, -0.15) is 5.10 Å². The summed E-state index contributed by atoms with van der Waals surface area (Å²) in [7, 11) is 1.52. The lowest BCUT2D eigenvalue weighted by molar-refractivity contribution is -0.136. The van der Waals surface area contributed by atoms with Gasteiger partial charge in [0, 0.05) is 21.8 Å². The molecule has 23 heavy (non-hydrogen) atoms. The fraction of sp³-hybridized carbons (Fsp3) is 0.0625. The Kier molecular flexibility index (Phi) is 5.87. The van der Waals surface area contributed by atoms with E-state index < -0.39 is 11.8 Å². The van der Waals surface area contributed by atoms with E-state index in [-0.39, 0.29) is 0 Å². The topological polar surface area (TPSA) is 79.8 Å². The Balaban J connectivity index is 1.92. The smallest absolute Gasteiger partial charge is 0.329 e. The third kappa shape index (κ3) is 4.93. The van der Waals surface area contributed by atoms with Crippen molar-refractivity contribution >= 4 is 39.6 Å². The van der Waals surface area contributed by atoms with Gasteiger partial charge >= 0.3 is 11.8 Å². The van der Waals surface area contributed by atoms with E-state index in [1.54, 1.807) is 24.3 Å². The van der Waals surface area contributed by atoms with E-state index in [0.717, 1.165) is 10.0 Å². The van der Waals surface area contributed by atoms with E-state index in [2.05, 4.69) is 31.8 Å². The number of benzene rings is 2. The number of ether oxygens (including phenoxy) is 1. The number of nitrogens with zero attached hydrogens (tertiary/aromatic N) is 1. The zero-order chi connectivity index (χ0) is 16.7. The summed E-state index contributed by atoms with van der Waals surface area (Å²) in [5, 5.41) is 6.22. The number of hydrogen-bond donors (Lipinski definition) is 2. The summed E-state index contributed by atoms with van der Waals surface area (Å²) in [5.74, 6) is -1.10. The highest BCUT2D eigenvalue weighted by Gasteiger charge is 2.13. The Morgan fingerprint density at radius 3 is 2.65 bits per heavy atom. The predicted octanol–water partition coefficient (Wildman–Crippen LogP) is 2.55. The van der Waals surface area contributed by atoms with Gasteiger partial charge in [-0.25, -0.2) is 5.43 Å². The van der Waals surface area contributed by atoms with Crippen LogP contribution in [0.5, 0.6) is 5.75 Å².